The van der Waals surface area contributed by atoms with Crippen molar-refractivity contribution in [3.05, 3.63) is 28.7 Å². The van der Waals surface area contributed by atoms with Gasteiger partial charge in [-0.05, 0) is 43.0 Å². The molecule has 1 unspecified atom stereocenters. The average Bonchev–Trinajstić information content (AvgIpc) is 2.33. The summed E-state index contributed by atoms with van der Waals surface area (Å²) in [4.78, 5) is 11.8. The van der Waals surface area contributed by atoms with Crippen LogP contribution in [0, 0.1) is 5.92 Å². The van der Waals surface area contributed by atoms with Crippen molar-refractivity contribution >= 4 is 27.5 Å². The van der Waals surface area contributed by atoms with E-state index < -0.39 is 0 Å². The minimum atomic E-state index is 0.0721. The molecule has 0 bridgehead atoms. The maximum atomic E-state index is 11.8. The summed E-state index contributed by atoms with van der Waals surface area (Å²) < 4.78 is 6.37. The van der Waals surface area contributed by atoms with E-state index in [1.165, 1.54) is 0 Å². The lowest BCUT2D eigenvalue weighted by Gasteiger charge is -2.21. The van der Waals surface area contributed by atoms with Crippen LogP contribution in [-0.2, 0) is 9.53 Å². The fourth-order valence-corrected chi connectivity index (χ4v) is 2.24. The van der Waals surface area contributed by atoms with E-state index in [0.717, 1.165) is 29.6 Å². The van der Waals surface area contributed by atoms with Crippen molar-refractivity contribution in [1.82, 2.24) is 0 Å². The van der Waals surface area contributed by atoms with Gasteiger partial charge in [-0.3, -0.25) is 4.79 Å². The second-order valence-electron chi connectivity index (χ2n) is 4.34. The molecule has 1 N–H and O–H groups in total. The number of benzene rings is 1. The molecule has 1 aliphatic rings. The molecule has 1 atom stereocenters. The molecule has 0 aromatic heterocycles. The molecule has 1 aromatic rings. The standard InChI is InChI=1S/C13H16BrNO2/c14-11-3-5-12(6-4-11)15-13(16)8-10-2-1-7-17-9-10/h3-6,10H,1-2,7-9H2,(H,15,16). The Morgan fingerprint density at radius 3 is 2.82 bits per heavy atom. The number of hydrogen-bond donors (Lipinski definition) is 1. The zero-order valence-corrected chi connectivity index (χ0v) is 11.2. The number of carbonyl (C=O) groups is 1. The van der Waals surface area contributed by atoms with Crippen molar-refractivity contribution in [2.45, 2.75) is 19.3 Å². The van der Waals surface area contributed by atoms with Gasteiger partial charge in [0.15, 0.2) is 0 Å². The van der Waals surface area contributed by atoms with Gasteiger partial charge in [-0.15, -0.1) is 0 Å². The van der Waals surface area contributed by atoms with Crippen LogP contribution in [0.2, 0.25) is 0 Å². The van der Waals surface area contributed by atoms with Gasteiger partial charge in [-0.1, -0.05) is 15.9 Å². The molecule has 3 nitrogen and oxygen atoms in total. The van der Waals surface area contributed by atoms with E-state index in [-0.39, 0.29) is 5.91 Å². The maximum absolute atomic E-state index is 11.8. The lowest BCUT2D eigenvalue weighted by atomic mass is 9.98. The number of hydrogen-bond acceptors (Lipinski definition) is 2. The number of ether oxygens (including phenoxy) is 1. The van der Waals surface area contributed by atoms with Crippen molar-refractivity contribution in [1.29, 1.82) is 0 Å². The minimum Gasteiger partial charge on any atom is -0.381 e. The summed E-state index contributed by atoms with van der Waals surface area (Å²) in [5.41, 5.74) is 0.843. The molecular formula is C13H16BrNO2. The highest BCUT2D eigenvalue weighted by Gasteiger charge is 2.17. The number of anilines is 1. The van der Waals surface area contributed by atoms with Crippen LogP contribution in [0.1, 0.15) is 19.3 Å². The van der Waals surface area contributed by atoms with Gasteiger partial charge >= 0.3 is 0 Å². The molecule has 1 aromatic carbocycles. The number of carbonyl (C=O) groups excluding carboxylic acids is 1. The quantitative estimate of drug-likeness (QED) is 0.930. The van der Waals surface area contributed by atoms with E-state index >= 15 is 0 Å². The Morgan fingerprint density at radius 1 is 1.41 bits per heavy atom. The largest absolute Gasteiger partial charge is 0.381 e. The molecule has 1 fully saturated rings. The molecule has 4 heteroatoms. The molecule has 17 heavy (non-hydrogen) atoms. The molecule has 2 rings (SSSR count). The highest BCUT2D eigenvalue weighted by molar-refractivity contribution is 9.10. The Bertz CT molecular complexity index is 372. The zero-order chi connectivity index (χ0) is 12.1. The third-order valence-corrected chi connectivity index (χ3v) is 3.39. The van der Waals surface area contributed by atoms with Crippen molar-refractivity contribution in [2.24, 2.45) is 5.92 Å². The summed E-state index contributed by atoms with van der Waals surface area (Å²) in [6.45, 7) is 1.55. The summed E-state index contributed by atoms with van der Waals surface area (Å²) in [6.07, 6.45) is 2.71. The minimum absolute atomic E-state index is 0.0721. The van der Waals surface area contributed by atoms with Gasteiger partial charge in [-0.25, -0.2) is 0 Å². The first-order valence-electron chi connectivity index (χ1n) is 5.87. The van der Waals surface area contributed by atoms with Crippen LogP contribution >= 0.6 is 15.9 Å². The summed E-state index contributed by atoms with van der Waals surface area (Å²) in [6, 6.07) is 7.61. The fourth-order valence-electron chi connectivity index (χ4n) is 1.98. The molecular weight excluding hydrogens is 282 g/mol. The highest BCUT2D eigenvalue weighted by Crippen LogP contribution is 2.19. The van der Waals surface area contributed by atoms with E-state index in [9.17, 15) is 4.79 Å². The van der Waals surface area contributed by atoms with Gasteiger partial charge in [0.05, 0.1) is 0 Å². The maximum Gasteiger partial charge on any atom is 0.224 e. The highest BCUT2D eigenvalue weighted by atomic mass is 79.9. The van der Waals surface area contributed by atoms with Gasteiger partial charge in [0, 0.05) is 29.8 Å². The summed E-state index contributed by atoms with van der Waals surface area (Å²) in [5.74, 6) is 0.446. The molecule has 1 amide bonds. The normalized spacial score (nSPS) is 19.9. The molecule has 1 heterocycles. The Morgan fingerprint density at radius 2 is 2.18 bits per heavy atom. The van der Waals surface area contributed by atoms with E-state index in [2.05, 4.69) is 21.2 Å². The van der Waals surface area contributed by atoms with Gasteiger partial charge in [0.2, 0.25) is 5.91 Å². The number of halogens is 1. The first-order valence-corrected chi connectivity index (χ1v) is 6.66. The van der Waals surface area contributed by atoms with Crippen LogP contribution in [0.5, 0.6) is 0 Å². The van der Waals surface area contributed by atoms with Crippen LogP contribution in [0.4, 0.5) is 5.69 Å². The average molecular weight is 298 g/mol. The Labute approximate surface area is 110 Å². The lowest BCUT2D eigenvalue weighted by Crippen LogP contribution is -2.23. The van der Waals surface area contributed by atoms with Crippen LogP contribution in [0.25, 0.3) is 0 Å². The fraction of sp³-hybridized carbons (Fsp3) is 0.462. The van der Waals surface area contributed by atoms with Crippen LogP contribution < -0.4 is 5.32 Å². The molecule has 0 radical (unpaired) electrons. The van der Waals surface area contributed by atoms with Crippen molar-refractivity contribution in [3.8, 4) is 0 Å². The molecule has 0 spiro atoms. The second kappa shape index (κ2) is 6.17. The van der Waals surface area contributed by atoms with Crippen molar-refractivity contribution < 1.29 is 9.53 Å². The van der Waals surface area contributed by atoms with Crippen molar-refractivity contribution in [3.63, 3.8) is 0 Å². The first kappa shape index (κ1) is 12.6. The zero-order valence-electron chi connectivity index (χ0n) is 9.62. The Kier molecular flexibility index (Phi) is 4.57. The van der Waals surface area contributed by atoms with Crippen molar-refractivity contribution in [2.75, 3.05) is 18.5 Å². The topological polar surface area (TPSA) is 38.3 Å². The van der Waals surface area contributed by atoms with E-state index in [0.29, 0.717) is 18.9 Å². The third kappa shape index (κ3) is 4.13. The molecule has 1 saturated heterocycles. The second-order valence-corrected chi connectivity index (χ2v) is 5.26. The Hall–Kier alpha value is -0.870. The van der Waals surface area contributed by atoms with Gasteiger partial charge in [0.1, 0.15) is 0 Å². The van der Waals surface area contributed by atoms with Crippen LogP contribution in [0.3, 0.4) is 0 Å². The summed E-state index contributed by atoms with van der Waals surface area (Å²) >= 11 is 3.36. The third-order valence-electron chi connectivity index (χ3n) is 2.86. The monoisotopic (exact) mass is 297 g/mol. The molecule has 92 valence electrons. The smallest absolute Gasteiger partial charge is 0.224 e. The van der Waals surface area contributed by atoms with Crippen LogP contribution in [-0.4, -0.2) is 19.1 Å². The first-order chi connectivity index (χ1) is 8.24. The lowest BCUT2D eigenvalue weighted by molar-refractivity contribution is -0.118. The molecule has 0 saturated carbocycles. The van der Waals surface area contributed by atoms with Gasteiger partial charge in [-0.2, -0.15) is 0 Å². The number of nitrogens with one attached hydrogen (secondary N) is 1. The van der Waals surface area contributed by atoms with Crippen LogP contribution in [0.15, 0.2) is 28.7 Å². The molecule has 1 aliphatic heterocycles. The SMILES string of the molecule is O=C(CC1CCCOC1)Nc1ccc(Br)cc1. The van der Waals surface area contributed by atoms with Gasteiger partial charge in [0.25, 0.3) is 0 Å². The summed E-state index contributed by atoms with van der Waals surface area (Å²) in [7, 11) is 0. The number of amides is 1. The van der Waals surface area contributed by atoms with E-state index in [4.69, 9.17) is 4.74 Å². The predicted octanol–water partition coefficient (Wildman–Crippen LogP) is 3.20. The molecule has 0 aliphatic carbocycles. The van der Waals surface area contributed by atoms with Gasteiger partial charge < -0.3 is 10.1 Å². The van der Waals surface area contributed by atoms with E-state index in [1.54, 1.807) is 0 Å². The number of rotatable bonds is 3. The Balaban J connectivity index is 1.82. The predicted molar refractivity (Wildman–Crippen MR) is 70.9 cm³/mol. The summed E-state index contributed by atoms with van der Waals surface area (Å²) in [5, 5.41) is 2.90. The van der Waals surface area contributed by atoms with E-state index in [1.807, 2.05) is 24.3 Å².